The molecule has 0 atom stereocenters. The van der Waals surface area contributed by atoms with E-state index in [0.29, 0.717) is 0 Å². The SMILES string of the molecule is CC(C)(C)c1ccc2c(c1)c1cc(C(C)(C)C)ccc1n2-c1ccc(C2(c3ccc(-n4c5ccc(C(C)(C)C)cc5c5cc(C(C)(C)C)ccc54)cc3)c3ccccc3-c3ccccc32)cc1. The molecule has 0 unspecified atom stereocenters. The van der Waals surface area contributed by atoms with E-state index in [1.54, 1.807) is 0 Å². The van der Waals surface area contributed by atoms with E-state index in [0.717, 1.165) is 11.4 Å². The quantitative estimate of drug-likeness (QED) is 0.167. The summed E-state index contributed by atoms with van der Waals surface area (Å²) in [4.78, 5) is 0. The largest absolute Gasteiger partial charge is 0.309 e. The van der Waals surface area contributed by atoms with Crippen molar-refractivity contribution in [3.8, 4) is 22.5 Å². The molecule has 0 aliphatic heterocycles. The van der Waals surface area contributed by atoms with Crippen molar-refractivity contribution in [2.75, 3.05) is 0 Å². The van der Waals surface area contributed by atoms with Crippen molar-refractivity contribution in [1.82, 2.24) is 9.13 Å². The average Bonchev–Trinajstić information content (AvgIpc) is 3.91. The normalized spacial score (nSPS) is 14.1. The molecule has 2 heterocycles. The summed E-state index contributed by atoms with van der Waals surface area (Å²) in [6.45, 7) is 27.7. The van der Waals surface area contributed by atoms with Gasteiger partial charge in [-0.2, -0.15) is 0 Å². The third-order valence-electron chi connectivity index (χ3n) is 15.1. The number of hydrogen-bond donors (Lipinski definition) is 0. The van der Waals surface area contributed by atoms with E-state index in [4.69, 9.17) is 0 Å². The van der Waals surface area contributed by atoms with Gasteiger partial charge in [0.25, 0.3) is 0 Å². The molecule has 0 saturated carbocycles. The standard InChI is InChI=1S/C65H64N2/c1-61(2,3)43-25-33-57-51(37-43)52-38-44(62(4,5)6)26-34-58(52)66(57)47-29-21-41(22-30-47)65(55-19-15-13-17-49(55)50-18-14-16-20-56(50)65)42-23-31-48(32-24-42)67-59-35-27-45(63(7,8)9)39-53(59)54-40-46(64(10,11)12)28-36-60(54)67/h13-40H,1-12H3. The van der Waals surface area contributed by atoms with Gasteiger partial charge in [-0.3, -0.25) is 0 Å². The summed E-state index contributed by atoms with van der Waals surface area (Å²) in [7, 11) is 0. The Kier molecular flexibility index (Phi) is 9.41. The fourth-order valence-electron chi connectivity index (χ4n) is 11.2. The molecule has 2 nitrogen and oxygen atoms in total. The van der Waals surface area contributed by atoms with Gasteiger partial charge < -0.3 is 9.13 Å². The predicted octanol–water partition coefficient (Wildman–Crippen LogP) is 17.4. The van der Waals surface area contributed by atoms with Crippen molar-refractivity contribution < 1.29 is 0 Å². The summed E-state index contributed by atoms with van der Waals surface area (Å²) in [6.07, 6.45) is 0. The summed E-state index contributed by atoms with van der Waals surface area (Å²) in [6, 6.07) is 65.6. The summed E-state index contributed by atoms with van der Waals surface area (Å²) < 4.78 is 4.96. The van der Waals surface area contributed by atoms with Gasteiger partial charge in [-0.05, 0) is 150 Å². The first-order valence-electron chi connectivity index (χ1n) is 24.3. The van der Waals surface area contributed by atoms with Crippen LogP contribution in [0, 0.1) is 0 Å². The van der Waals surface area contributed by atoms with Gasteiger partial charge >= 0.3 is 0 Å². The number of benzene rings is 8. The van der Waals surface area contributed by atoms with Gasteiger partial charge in [0.05, 0.1) is 27.5 Å². The summed E-state index contributed by atoms with van der Waals surface area (Å²) in [5.74, 6) is 0. The Morgan fingerprint density at radius 2 is 0.567 bits per heavy atom. The number of fused-ring (bicyclic) bond motifs is 9. The average molecular weight is 873 g/mol. The Morgan fingerprint density at radius 1 is 0.299 bits per heavy atom. The topological polar surface area (TPSA) is 9.86 Å². The van der Waals surface area contributed by atoms with E-state index in [2.05, 4.69) is 262 Å². The highest BCUT2D eigenvalue weighted by Crippen LogP contribution is 2.56. The molecule has 0 fully saturated rings. The monoisotopic (exact) mass is 873 g/mol. The lowest BCUT2D eigenvalue weighted by Gasteiger charge is -2.34. The maximum atomic E-state index is 2.48. The van der Waals surface area contributed by atoms with Gasteiger partial charge in [0, 0.05) is 32.9 Å². The maximum Gasteiger partial charge on any atom is 0.0713 e. The zero-order valence-electron chi connectivity index (χ0n) is 41.6. The van der Waals surface area contributed by atoms with Crippen LogP contribution >= 0.6 is 0 Å². The Labute approximate surface area is 397 Å². The molecule has 0 radical (unpaired) electrons. The molecule has 2 aromatic heterocycles. The van der Waals surface area contributed by atoms with Crippen LogP contribution in [0.1, 0.15) is 128 Å². The minimum Gasteiger partial charge on any atom is -0.309 e. The lowest BCUT2D eigenvalue weighted by Crippen LogP contribution is -2.28. The number of aromatic nitrogens is 2. The molecular formula is C65H64N2. The molecule has 0 bridgehead atoms. The van der Waals surface area contributed by atoms with Crippen molar-refractivity contribution in [1.29, 1.82) is 0 Å². The second-order valence-corrected chi connectivity index (χ2v) is 23.5. The first-order chi connectivity index (χ1) is 31.7. The molecule has 11 rings (SSSR count). The molecule has 0 spiro atoms. The lowest BCUT2D eigenvalue weighted by molar-refractivity contribution is 0.590. The van der Waals surface area contributed by atoms with Crippen LogP contribution in [0.15, 0.2) is 170 Å². The van der Waals surface area contributed by atoms with Gasteiger partial charge in [-0.25, -0.2) is 0 Å². The lowest BCUT2D eigenvalue weighted by atomic mass is 9.67. The van der Waals surface area contributed by atoms with Gasteiger partial charge in [0.1, 0.15) is 0 Å². The summed E-state index contributed by atoms with van der Waals surface area (Å²) >= 11 is 0. The van der Waals surface area contributed by atoms with Crippen LogP contribution in [0.2, 0.25) is 0 Å². The Bertz CT molecular complexity index is 3190. The van der Waals surface area contributed by atoms with Crippen LogP contribution in [0.3, 0.4) is 0 Å². The third kappa shape index (κ3) is 6.65. The van der Waals surface area contributed by atoms with Crippen LogP contribution in [0.5, 0.6) is 0 Å². The van der Waals surface area contributed by atoms with E-state index in [-0.39, 0.29) is 21.7 Å². The first kappa shape index (κ1) is 43.0. The molecule has 1 aliphatic carbocycles. The van der Waals surface area contributed by atoms with E-state index in [9.17, 15) is 0 Å². The smallest absolute Gasteiger partial charge is 0.0713 e. The van der Waals surface area contributed by atoms with Crippen molar-refractivity contribution in [2.45, 2.75) is 110 Å². The van der Waals surface area contributed by atoms with Crippen LogP contribution in [-0.2, 0) is 27.1 Å². The number of hydrogen-bond acceptors (Lipinski definition) is 0. The summed E-state index contributed by atoms with van der Waals surface area (Å²) in [5.41, 5.74) is 20.1. The predicted molar refractivity (Wildman–Crippen MR) is 287 cm³/mol. The molecule has 334 valence electrons. The minimum atomic E-state index is -0.529. The fourth-order valence-corrected chi connectivity index (χ4v) is 11.2. The second-order valence-electron chi connectivity index (χ2n) is 23.5. The van der Waals surface area contributed by atoms with Gasteiger partial charge in [0.2, 0.25) is 0 Å². The van der Waals surface area contributed by atoms with E-state index in [1.165, 1.54) is 99.2 Å². The number of rotatable bonds is 4. The van der Waals surface area contributed by atoms with Crippen molar-refractivity contribution in [3.05, 3.63) is 214 Å². The molecule has 1 aliphatic rings. The molecule has 0 N–H and O–H groups in total. The van der Waals surface area contributed by atoms with Gasteiger partial charge in [-0.15, -0.1) is 0 Å². The van der Waals surface area contributed by atoms with Crippen LogP contribution in [0.25, 0.3) is 66.1 Å². The first-order valence-corrected chi connectivity index (χ1v) is 24.3. The van der Waals surface area contributed by atoms with Crippen LogP contribution in [-0.4, -0.2) is 9.13 Å². The Balaban J connectivity index is 1.10. The second kappa shape index (κ2) is 14.7. The molecular weight excluding hydrogens is 809 g/mol. The van der Waals surface area contributed by atoms with E-state index in [1.807, 2.05) is 0 Å². The Morgan fingerprint density at radius 3 is 0.836 bits per heavy atom. The molecule has 8 aromatic carbocycles. The highest BCUT2D eigenvalue weighted by atomic mass is 15.0. The number of nitrogens with zero attached hydrogens (tertiary/aromatic N) is 2. The molecule has 2 heteroatoms. The third-order valence-corrected chi connectivity index (χ3v) is 15.1. The maximum absolute atomic E-state index is 2.48. The fraction of sp³-hybridized carbons (Fsp3) is 0.262. The van der Waals surface area contributed by atoms with Crippen molar-refractivity contribution in [3.63, 3.8) is 0 Å². The van der Waals surface area contributed by atoms with Crippen LogP contribution < -0.4 is 0 Å². The van der Waals surface area contributed by atoms with Crippen molar-refractivity contribution in [2.24, 2.45) is 0 Å². The zero-order valence-corrected chi connectivity index (χ0v) is 41.6. The Hall–Kier alpha value is -6.64. The van der Waals surface area contributed by atoms with E-state index < -0.39 is 5.41 Å². The van der Waals surface area contributed by atoms with E-state index >= 15 is 0 Å². The molecule has 67 heavy (non-hydrogen) atoms. The van der Waals surface area contributed by atoms with Gasteiger partial charge in [0.15, 0.2) is 0 Å². The molecule has 0 saturated heterocycles. The van der Waals surface area contributed by atoms with Crippen molar-refractivity contribution >= 4 is 43.6 Å². The minimum absolute atomic E-state index is 0.0437. The van der Waals surface area contributed by atoms with Crippen LogP contribution in [0.4, 0.5) is 0 Å². The summed E-state index contributed by atoms with van der Waals surface area (Å²) in [5, 5.41) is 5.22. The highest BCUT2D eigenvalue weighted by Gasteiger charge is 2.46. The molecule has 10 aromatic rings. The highest BCUT2D eigenvalue weighted by molar-refractivity contribution is 6.11. The zero-order chi connectivity index (χ0) is 47.0. The molecule has 0 amide bonds. The van der Waals surface area contributed by atoms with Gasteiger partial charge in [-0.1, -0.05) is 180 Å².